The Hall–Kier alpha value is -3.72. The van der Waals surface area contributed by atoms with Crippen LogP contribution in [0.15, 0.2) is 56.3 Å². The summed E-state index contributed by atoms with van der Waals surface area (Å²) in [6, 6.07) is 9.25. The first-order valence-corrected chi connectivity index (χ1v) is 10.4. The molecular formula is C22H16N2O6S. The number of esters is 1. The molecule has 1 atom stereocenters. The molecule has 0 N–H and O–H groups in total. The summed E-state index contributed by atoms with van der Waals surface area (Å²) in [5.74, 6) is -0.707. The fourth-order valence-corrected chi connectivity index (χ4v) is 4.69. The van der Waals surface area contributed by atoms with Gasteiger partial charge in [-0.2, -0.15) is 0 Å². The number of anilines is 1. The molecule has 0 bridgehead atoms. The van der Waals surface area contributed by atoms with E-state index in [0.29, 0.717) is 27.3 Å². The minimum absolute atomic E-state index is 0.0596. The maximum absolute atomic E-state index is 13.4. The summed E-state index contributed by atoms with van der Waals surface area (Å²) in [7, 11) is 0. The Morgan fingerprint density at radius 1 is 1.23 bits per heavy atom. The quantitative estimate of drug-likeness (QED) is 0.444. The van der Waals surface area contributed by atoms with E-state index in [2.05, 4.69) is 4.98 Å². The monoisotopic (exact) mass is 436 g/mol. The smallest absolute Gasteiger partial charge is 0.350 e. The third-order valence-corrected chi connectivity index (χ3v) is 6.18. The molecule has 0 fully saturated rings. The van der Waals surface area contributed by atoms with Crippen LogP contribution in [0.2, 0.25) is 0 Å². The Morgan fingerprint density at radius 3 is 2.77 bits per heavy atom. The lowest BCUT2D eigenvalue weighted by atomic mass is 10.0. The lowest BCUT2D eigenvalue weighted by Crippen LogP contribution is -2.29. The second-order valence-corrected chi connectivity index (χ2v) is 7.87. The number of fused-ring (bicyclic) bond motifs is 2. The zero-order valence-electron chi connectivity index (χ0n) is 16.6. The molecule has 0 spiro atoms. The van der Waals surface area contributed by atoms with Gasteiger partial charge in [0, 0.05) is 0 Å². The van der Waals surface area contributed by atoms with Gasteiger partial charge in [0.1, 0.15) is 22.3 Å². The van der Waals surface area contributed by atoms with Crippen LogP contribution in [0.25, 0.3) is 11.0 Å². The molecule has 0 saturated carbocycles. The van der Waals surface area contributed by atoms with Crippen LogP contribution in [-0.4, -0.2) is 23.5 Å². The van der Waals surface area contributed by atoms with Gasteiger partial charge in [-0.25, -0.2) is 9.78 Å². The largest absolute Gasteiger partial charge is 0.467 e. The number of para-hydroxylation sites is 1. The Kier molecular flexibility index (Phi) is 4.48. The van der Waals surface area contributed by atoms with E-state index in [1.54, 1.807) is 50.2 Å². The summed E-state index contributed by atoms with van der Waals surface area (Å²) in [4.78, 5) is 45.1. The Morgan fingerprint density at radius 2 is 2.03 bits per heavy atom. The first-order valence-electron chi connectivity index (χ1n) is 9.58. The first-order chi connectivity index (χ1) is 15.0. The fraction of sp³-hybridized carbons (Fsp3) is 0.182. The van der Waals surface area contributed by atoms with E-state index >= 15 is 0 Å². The van der Waals surface area contributed by atoms with Crippen LogP contribution in [0.4, 0.5) is 5.13 Å². The zero-order valence-corrected chi connectivity index (χ0v) is 17.4. The van der Waals surface area contributed by atoms with Crippen LogP contribution in [0.1, 0.15) is 50.2 Å². The highest BCUT2D eigenvalue weighted by atomic mass is 32.1. The molecule has 0 radical (unpaired) electrons. The summed E-state index contributed by atoms with van der Waals surface area (Å²) in [6.45, 7) is 3.60. The maximum atomic E-state index is 13.4. The molecule has 31 heavy (non-hydrogen) atoms. The average Bonchev–Trinajstić information content (AvgIpc) is 3.47. The lowest BCUT2D eigenvalue weighted by molar-refractivity contribution is 0.0531. The van der Waals surface area contributed by atoms with Crippen molar-refractivity contribution >= 4 is 39.3 Å². The lowest BCUT2D eigenvalue weighted by Gasteiger charge is -2.20. The molecule has 1 unspecified atom stereocenters. The molecule has 5 rings (SSSR count). The van der Waals surface area contributed by atoms with E-state index in [-0.39, 0.29) is 28.5 Å². The third kappa shape index (κ3) is 2.89. The van der Waals surface area contributed by atoms with Gasteiger partial charge in [0.2, 0.25) is 5.76 Å². The number of hydrogen-bond donors (Lipinski definition) is 0. The summed E-state index contributed by atoms with van der Waals surface area (Å²) in [5.41, 5.74) is 0.629. The molecule has 8 nitrogen and oxygen atoms in total. The SMILES string of the molecule is CCOC(=O)c1sc(N2C(=O)c3oc4ccccc4c(=O)c3C2c2ccco2)nc1C. The number of carbonyl (C=O) groups excluding carboxylic acids is 2. The van der Waals surface area contributed by atoms with Gasteiger partial charge >= 0.3 is 5.97 Å². The zero-order chi connectivity index (χ0) is 21.7. The van der Waals surface area contributed by atoms with Crippen molar-refractivity contribution in [2.45, 2.75) is 19.9 Å². The van der Waals surface area contributed by atoms with Crippen LogP contribution < -0.4 is 10.3 Å². The number of thiazole rings is 1. The van der Waals surface area contributed by atoms with Gasteiger partial charge in [-0.3, -0.25) is 14.5 Å². The minimum atomic E-state index is -0.862. The number of carbonyl (C=O) groups is 2. The van der Waals surface area contributed by atoms with Crippen LogP contribution in [-0.2, 0) is 4.74 Å². The number of amides is 1. The molecule has 0 aliphatic carbocycles. The van der Waals surface area contributed by atoms with Gasteiger partial charge < -0.3 is 13.6 Å². The van der Waals surface area contributed by atoms with Crippen molar-refractivity contribution in [1.82, 2.24) is 4.98 Å². The number of ether oxygens (including phenoxy) is 1. The molecule has 3 aromatic heterocycles. The Bertz CT molecular complexity index is 1390. The van der Waals surface area contributed by atoms with Crippen molar-refractivity contribution in [1.29, 1.82) is 0 Å². The van der Waals surface area contributed by atoms with E-state index in [0.717, 1.165) is 11.3 Å². The average molecular weight is 436 g/mol. The molecule has 0 saturated heterocycles. The molecule has 4 aromatic rings. The van der Waals surface area contributed by atoms with Gasteiger partial charge in [0.25, 0.3) is 5.91 Å². The Labute approximate surface area is 179 Å². The first kappa shape index (κ1) is 19.3. The van der Waals surface area contributed by atoms with E-state index in [1.165, 1.54) is 11.2 Å². The highest BCUT2D eigenvalue weighted by Gasteiger charge is 2.46. The van der Waals surface area contributed by atoms with E-state index in [1.807, 2.05) is 0 Å². The van der Waals surface area contributed by atoms with Crippen LogP contribution in [0.3, 0.4) is 0 Å². The van der Waals surface area contributed by atoms with Crippen molar-refractivity contribution in [3.63, 3.8) is 0 Å². The summed E-state index contributed by atoms with van der Waals surface area (Å²) >= 11 is 1.02. The normalized spacial score (nSPS) is 15.5. The van der Waals surface area contributed by atoms with Crippen molar-refractivity contribution in [3.05, 3.63) is 80.5 Å². The molecule has 1 aromatic carbocycles. The second kappa shape index (κ2) is 7.21. The molecule has 1 amide bonds. The van der Waals surface area contributed by atoms with E-state index < -0.39 is 17.9 Å². The highest BCUT2D eigenvalue weighted by Crippen LogP contribution is 2.43. The van der Waals surface area contributed by atoms with Gasteiger partial charge in [-0.05, 0) is 38.1 Å². The molecular weight excluding hydrogens is 420 g/mol. The van der Waals surface area contributed by atoms with Crippen LogP contribution >= 0.6 is 11.3 Å². The number of hydrogen-bond acceptors (Lipinski definition) is 8. The van der Waals surface area contributed by atoms with Crippen molar-refractivity contribution < 1.29 is 23.2 Å². The number of furan rings is 1. The highest BCUT2D eigenvalue weighted by molar-refractivity contribution is 7.17. The maximum Gasteiger partial charge on any atom is 0.350 e. The summed E-state index contributed by atoms with van der Waals surface area (Å²) < 4.78 is 16.5. The standard InChI is InChI=1S/C22H16N2O6S/c1-3-28-21(27)19-11(2)23-22(31-19)24-16(14-9-6-10-29-14)15-17(25)12-7-4-5-8-13(12)30-18(15)20(24)26/h4-10,16H,3H2,1-2H3. The Balaban J connectivity index is 1.73. The second-order valence-electron chi connectivity index (χ2n) is 6.89. The van der Waals surface area contributed by atoms with Gasteiger partial charge in [0.05, 0.1) is 29.5 Å². The number of rotatable bonds is 4. The predicted molar refractivity (Wildman–Crippen MR) is 113 cm³/mol. The van der Waals surface area contributed by atoms with Gasteiger partial charge in [0.15, 0.2) is 10.6 Å². The molecule has 1 aliphatic heterocycles. The molecule has 9 heteroatoms. The number of nitrogens with zero attached hydrogens (tertiary/aromatic N) is 2. The van der Waals surface area contributed by atoms with Crippen LogP contribution in [0.5, 0.6) is 0 Å². The van der Waals surface area contributed by atoms with Gasteiger partial charge in [-0.15, -0.1) is 0 Å². The predicted octanol–water partition coefficient (Wildman–Crippen LogP) is 4.08. The van der Waals surface area contributed by atoms with Gasteiger partial charge in [-0.1, -0.05) is 23.5 Å². The minimum Gasteiger partial charge on any atom is -0.467 e. The van der Waals surface area contributed by atoms with Crippen molar-refractivity contribution in [3.8, 4) is 0 Å². The summed E-state index contributed by atoms with van der Waals surface area (Å²) in [5, 5.41) is 0.622. The number of benzene rings is 1. The molecule has 1 aliphatic rings. The van der Waals surface area contributed by atoms with E-state index in [4.69, 9.17) is 13.6 Å². The van der Waals surface area contributed by atoms with Crippen molar-refractivity contribution in [2.75, 3.05) is 11.5 Å². The third-order valence-electron chi connectivity index (χ3n) is 5.04. The fourth-order valence-electron chi connectivity index (χ4n) is 3.70. The van der Waals surface area contributed by atoms with E-state index in [9.17, 15) is 14.4 Å². The summed E-state index contributed by atoms with van der Waals surface area (Å²) in [6.07, 6.45) is 1.47. The van der Waals surface area contributed by atoms with Crippen LogP contribution in [0, 0.1) is 6.92 Å². The topological polar surface area (TPSA) is 103 Å². The van der Waals surface area contributed by atoms with Crippen molar-refractivity contribution in [2.24, 2.45) is 0 Å². The number of aryl methyl sites for hydroxylation is 1. The molecule has 4 heterocycles. The number of aromatic nitrogens is 1. The molecule has 156 valence electrons.